The van der Waals surface area contributed by atoms with Gasteiger partial charge in [-0.25, -0.2) is 4.79 Å². The van der Waals surface area contributed by atoms with Gasteiger partial charge in [0.2, 0.25) is 5.91 Å². The molecule has 1 atom stereocenters. The van der Waals surface area contributed by atoms with Gasteiger partial charge in [0.1, 0.15) is 5.60 Å². The second-order valence-electron chi connectivity index (χ2n) is 8.86. The van der Waals surface area contributed by atoms with Gasteiger partial charge in [0.25, 0.3) is 0 Å². The molecule has 2 aromatic rings. The molecule has 2 amide bonds. The van der Waals surface area contributed by atoms with Crippen LogP contribution < -0.4 is 4.90 Å². The third kappa shape index (κ3) is 4.14. The van der Waals surface area contributed by atoms with Gasteiger partial charge in [-0.15, -0.1) is 0 Å². The van der Waals surface area contributed by atoms with E-state index >= 15 is 0 Å². The van der Waals surface area contributed by atoms with Crippen LogP contribution in [0.3, 0.4) is 0 Å². The second kappa shape index (κ2) is 7.54. The van der Waals surface area contributed by atoms with Crippen molar-refractivity contribution >= 4 is 17.7 Å². The van der Waals surface area contributed by atoms with Crippen molar-refractivity contribution < 1.29 is 14.3 Å². The van der Waals surface area contributed by atoms with Gasteiger partial charge in [-0.05, 0) is 62.4 Å². The quantitative estimate of drug-likeness (QED) is 0.756. The molecule has 2 aliphatic rings. The molecule has 2 aromatic carbocycles. The van der Waals surface area contributed by atoms with Crippen LogP contribution in [0, 0.1) is 5.92 Å². The van der Waals surface area contributed by atoms with Crippen molar-refractivity contribution in [2.75, 3.05) is 24.5 Å². The van der Waals surface area contributed by atoms with E-state index in [2.05, 4.69) is 30.3 Å². The fraction of sp³-hybridized carbons (Fsp3) is 0.417. The van der Waals surface area contributed by atoms with Gasteiger partial charge in [-0.2, -0.15) is 0 Å². The number of hydrogen-bond acceptors (Lipinski definition) is 3. The molecule has 1 fully saturated rings. The number of amides is 2. The van der Waals surface area contributed by atoms with E-state index in [-0.39, 0.29) is 17.9 Å². The molecule has 0 spiro atoms. The first-order valence-corrected chi connectivity index (χ1v) is 10.3. The van der Waals surface area contributed by atoms with Crippen molar-refractivity contribution in [1.82, 2.24) is 4.90 Å². The van der Waals surface area contributed by atoms with Crippen molar-refractivity contribution in [1.29, 1.82) is 0 Å². The van der Waals surface area contributed by atoms with E-state index < -0.39 is 5.60 Å². The molecule has 0 N–H and O–H groups in total. The monoisotopic (exact) mass is 392 g/mol. The third-order valence-electron chi connectivity index (χ3n) is 5.54. The standard InChI is InChI=1S/C24H28N2O3/c1-24(2,3)29-23(28)25-13-11-20(16-25)22(27)26-14-12-19-15-18(9-10-21(19)26)17-7-5-4-6-8-17/h4-10,15,20H,11-14,16H2,1-3H3/t20-/m0/s1. The molecule has 0 saturated carbocycles. The largest absolute Gasteiger partial charge is 0.444 e. The summed E-state index contributed by atoms with van der Waals surface area (Å²) in [6.07, 6.45) is 1.22. The van der Waals surface area contributed by atoms with E-state index in [1.165, 1.54) is 16.7 Å². The molecule has 0 aromatic heterocycles. The number of ether oxygens (including phenoxy) is 1. The first kappa shape index (κ1) is 19.5. The molecule has 5 nitrogen and oxygen atoms in total. The molecule has 2 aliphatic heterocycles. The van der Waals surface area contributed by atoms with E-state index in [0.29, 0.717) is 26.1 Å². The van der Waals surface area contributed by atoms with Crippen LogP contribution in [0.25, 0.3) is 11.1 Å². The molecule has 0 bridgehead atoms. The van der Waals surface area contributed by atoms with Gasteiger partial charge in [0.15, 0.2) is 0 Å². The molecule has 152 valence electrons. The average molecular weight is 392 g/mol. The number of hydrogen-bond donors (Lipinski definition) is 0. The molecular formula is C24H28N2O3. The average Bonchev–Trinajstić information content (AvgIpc) is 3.34. The first-order chi connectivity index (χ1) is 13.8. The lowest BCUT2D eigenvalue weighted by Crippen LogP contribution is -2.39. The van der Waals surface area contributed by atoms with E-state index in [4.69, 9.17) is 4.74 Å². The van der Waals surface area contributed by atoms with Crippen molar-refractivity contribution in [3.05, 3.63) is 54.1 Å². The molecular weight excluding hydrogens is 364 g/mol. The smallest absolute Gasteiger partial charge is 0.410 e. The summed E-state index contributed by atoms with van der Waals surface area (Å²) in [7, 11) is 0. The summed E-state index contributed by atoms with van der Waals surface area (Å²) in [5.41, 5.74) is 4.05. The lowest BCUT2D eigenvalue weighted by molar-refractivity contribution is -0.121. The minimum absolute atomic E-state index is 0.113. The summed E-state index contributed by atoms with van der Waals surface area (Å²) in [6.45, 7) is 7.27. The fourth-order valence-electron chi connectivity index (χ4n) is 4.12. The SMILES string of the molecule is CC(C)(C)OC(=O)N1CC[C@H](C(=O)N2CCc3cc(-c4ccccc4)ccc32)C1. The Bertz CT molecular complexity index is 917. The van der Waals surface area contributed by atoms with Crippen LogP contribution in [0.4, 0.5) is 10.5 Å². The van der Waals surface area contributed by atoms with Crippen molar-refractivity contribution in [3.63, 3.8) is 0 Å². The second-order valence-corrected chi connectivity index (χ2v) is 8.86. The normalized spacial score (nSPS) is 18.7. The number of carbonyl (C=O) groups excluding carboxylic acids is 2. The topological polar surface area (TPSA) is 49.9 Å². The summed E-state index contributed by atoms with van der Waals surface area (Å²) in [4.78, 5) is 29.0. The zero-order valence-electron chi connectivity index (χ0n) is 17.4. The number of fused-ring (bicyclic) bond motifs is 1. The van der Waals surface area contributed by atoms with Gasteiger partial charge >= 0.3 is 6.09 Å². The molecule has 0 radical (unpaired) electrons. The van der Waals surface area contributed by atoms with Crippen molar-refractivity contribution in [2.45, 2.75) is 39.2 Å². The summed E-state index contributed by atoms with van der Waals surface area (Å²) in [6, 6.07) is 16.6. The number of carbonyl (C=O) groups is 2. The number of anilines is 1. The Hall–Kier alpha value is -2.82. The fourth-order valence-corrected chi connectivity index (χ4v) is 4.12. The van der Waals surface area contributed by atoms with Gasteiger partial charge in [0, 0.05) is 25.3 Å². The van der Waals surface area contributed by atoms with Crippen LogP contribution in [0.2, 0.25) is 0 Å². The molecule has 4 rings (SSSR count). The Kier molecular flexibility index (Phi) is 5.07. The number of rotatable bonds is 2. The molecule has 0 aliphatic carbocycles. The van der Waals surface area contributed by atoms with Crippen LogP contribution in [0.5, 0.6) is 0 Å². The first-order valence-electron chi connectivity index (χ1n) is 10.3. The zero-order valence-corrected chi connectivity index (χ0v) is 17.4. The highest BCUT2D eigenvalue weighted by Gasteiger charge is 2.37. The molecule has 5 heteroatoms. The van der Waals surface area contributed by atoms with Crippen LogP contribution in [-0.2, 0) is 16.0 Å². The van der Waals surface area contributed by atoms with Crippen molar-refractivity contribution in [3.8, 4) is 11.1 Å². The Morgan fingerprint density at radius 2 is 1.76 bits per heavy atom. The predicted molar refractivity (Wildman–Crippen MR) is 114 cm³/mol. The molecule has 0 unspecified atom stereocenters. The maximum Gasteiger partial charge on any atom is 0.410 e. The zero-order chi connectivity index (χ0) is 20.6. The summed E-state index contributed by atoms with van der Waals surface area (Å²) in [5, 5.41) is 0. The summed E-state index contributed by atoms with van der Waals surface area (Å²) in [5.74, 6) is -0.0514. The Balaban J connectivity index is 1.45. The minimum Gasteiger partial charge on any atom is -0.444 e. The molecule has 2 heterocycles. The van der Waals surface area contributed by atoms with Crippen LogP contribution in [-0.4, -0.2) is 42.1 Å². The van der Waals surface area contributed by atoms with E-state index in [9.17, 15) is 9.59 Å². The molecule has 1 saturated heterocycles. The van der Waals surface area contributed by atoms with E-state index in [1.54, 1.807) is 4.90 Å². The van der Waals surface area contributed by atoms with Gasteiger partial charge in [-0.1, -0.05) is 36.4 Å². The van der Waals surface area contributed by atoms with Crippen LogP contribution in [0.15, 0.2) is 48.5 Å². The van der Waals surface area contributed by atoms with Crippen LogP contribution in [0.1, 0.15) is 32.8 Å². The predicted octanol–water partition coefficient (Wildman–Crippen LogP) is 4.50. The summed E-state index contributed by atoms with van der Waals surface area (Å²) >= 11 is 0. The third-order valence-corrected chi connectivity index (χ3v) is 5.54. The van der Waals surface area contributed by atoms with Gasteiger partial charge in [-0.3, -0.25) is 4.79 Å². The highest BCUT2D eigenvalue weighted by Crippen LogP contribution is 2.34. The maximum absolute atomic E-state index is 13.2. The molecule has 29 heavy (non-hydrogen) atoms. The number of benzene rings is 2. The maximum atomic E-state index is 13.2. The van der Waals surface area contributed by atoms with Gasteiger partial charge < -0.3 is 14.5 Å². The lowest BCUT2D eigenvalue weighted by atomic mass is 10.0. The van der Waals surface area contributed by atoms with E-state index in [1.807, 2.05) is 43.9 Å². The number of nitrogens with zero attached hydrogens (tertiary/aromatic N) is 2. The summed E-state index contributed by atoms with van der Waals surface area (Å²) < 4.78 is 5.45. The number of likely N-dealkylation sites (tertiary alicyclic amines) is 1. The Labute approximate surface area is 172 Å². The highest BCUT2D eigenvalue weighted by molar-refractivity contribution is 5.98. The highest BCUT2D eigenvalue weighted by atomic mass is 16.6. The van der Waals surface area contributed by atoms with Crippen LogP contribution >= 0.6 is 0 Å². The van der Waals surface area contributed by atoms with E-state index in [0.717, 1.165) is 12.1 Å². The Morgan fingerprint density at radius 3 is 2.48 bits per heavy atom. The minimum atomic E-state index is -0.524. The lowest BCUT2D eigenvalue weighted by Gasteiger charge is -2.25. The van der Waals surface area contributed by atoms with Crippen molar-refractivity contribution in [2.24, 2.45) is 5.92 Å². The Morgan fingerprint density at radius 1 is 1.00 bits per heavy atom. The van der Waals surface area contributed by atoms with Gasteiger partial charge in [0.05, 0.1) is 5.92 Å².